The first kappa shape index (κ1) is 16.3. The normalized spacial score (nSPS) is 18.8. The number of urea groups is 1. The number of nitrogens with zero attached hydrogens (tertiary/aromatic N) is 2. The highest BCUT2D eigenvalue weighted by atomic mass is 16.5. The first-order valence-electron chi connectivity index (χ1n) is 6.75. The van der Waals surface area contributed by atoms with Gasteiger partial charge >= 0.3 is 18.0 Å². The van der Waals surface area contributed by atoms with Crippen molar-refractivity contribution in [3.8, 4) is 0 Å². The Hall–Kier alpha value is -1.79. The maximum absolute atomic E-state index is 12.5. The third kappa shape index (κ3) is 3.85. The van der Waals surface area contributed by atoms with Crippen molar-refractivity contribution in [3.05, 3.63) is 0 Å². The molecule has 114 valence electrons. The summed E-state index contributed by atoms with van der Waals surface area (Å²) in [5.74, 6) is -1.52. The van der Waals surface area contributed by atoms with Crippen LogP contribution in [0.2, 0.25) is 0 Å². The Balaban J connectivity index is 2.89. The largest absolute Gasteiger partial charge is 0.480 e. The van der Waals surface area contributed by atoms with Gasteiger partial charge in [0.2, 0.25) is 0 Å². The number of carboxylic acids is 1. The zero-order valence-electron chi connectivity index (χ0n) is 12.2. The molecular formula is C13H22N2O5. The molecule has 1 fully saturated rings. The quantitative estimate of drug-likeness (QED) is 0.777. The van der Waals surface area contributed by atoms with Gasteiger partial charge in [0, 0.05) is 12.6 Å². The number of rotatable bonds is 4. The van der Waals surface area contributed by atoms with Gasteiger partial charge in [-0.15, -0.1) is 0 Å². The van der Waals surface area contributed by atoms with Crippen LogP contribution >= 0.6 is 0 Å². The first-order chi connectivity index (χ1) is 9.38. The van der Waals surface area contributed by atoms with Gasteiger partial charge < -0.3 is 19.6 Å². The lowest BCUT2D eigenvalue weighted by atomic mass is 10.0. The van der Waals surface area contributed by atoms with Crippen LogP contribution in [0.5, 0.6) is 0 Å². The summed E-state index contributed by atoms with van der Waals surface area (Å²) in [4.78, 5) is 37.8. The molecule has 0 aromatic rings. The molecule has 7 nitrogen and oxygen atoms in total. The first-order valence-corrected chi connectivity index (χ1v) is 6.75. The van der Waals surface area contributed by atoms with E-state index in [4.69, 9.17) is 9.84 Å². The molecule has 1 heterocycles. The van der Waals surface area contributed by atoms with E-state index < -0.39 is 24.0 Å². The van der Waals surface area contributed by atoms with Gasteiger partial charge in [0.15, 0.2) is 0 Å². The van der Waals surface area contributed by atoms with Crippen molar-refractivity contribution in [2.45, 2.75) is 45.2 Å². The lowest BCUT2D eigenvalue weighted by molar-refractivity contribution is -0.147. The lowest BCUT2D eigenvalue weighted by Crippen LogP contribution is -2.55. The summed E-state index contributed by atoms with van der Waals surface area (Å²) in [6, 6.07) is -1.28. The van der Waals surface area contributed by atoms with Gasteiger partial charge in [0.25, 0.3) is 0 Å². The fourth-order valence-electron chi connectivity index (χ4n) is 2.32. The molecule has 0 bridgehead atoms. The summed E-state index contributed by atoms with van der Waals surface area (Å²) < 4.78 is 4.72. The Kier molecular flexibility index (Phi) is 5.79. The number of hydrogen-bond acceptors (Lipinski definition) is 4. The maximum Gasteiger partial charge on any atom is 0.328 e. The number of carboxylic acid groups (broad SMARTS) is 1. The van der Waals surface area contributed by atoms with E-state index in [0.29, 0.717) is 13.0 Å². The van der Waals surface area contributed by atoms with E-state index in [0.717, 1.165) is 12.8 Å². The summed E-state index contributed by atoms with van der Waals surface area (Å²) in [7, 11) is 1.29. The standard InChI is InChI=1S/C13H22N2O5/c1-9(2)15(8-11(16)17)13(19)14-7-5-4-6-10(14)12(18)20-3/h9-10H,4-8H2,1-3H3,(H,16,17). The molecule has 0 spiro atoms. The molecule has 1 N–H and O–H groups in total. The number of likely N-dealkylation sites (tertiary alicyclic amines) is 1. The van der Waals surface area contributed by atoms with Crippen molar-refractivity contribution in [2.75, 3.05) is 20.2 Å². The van der Waals surface area contributed by atoms with E-state index in [-0.39, 0.29) is 12.6 Å². The number of aliphatic carboxylic acids is 1. The van der Waals surface area contributed by atoms with Crippen molar-refractivity contribution < 1.29 is 24.2 Å². The SMILES string of the molecule is COC(=O)C1CCCCN1C(=O)N(CC(=O)O)C(C)C. The predicted molar refractivity (Wildman–Crippen MR) is 71.2 cm³/mol. The van der Waals surface area contributed by atoms with Crippen LogP contribution in [0.3, 0.4) is 0 Å². The molecule has 1 aliphatic rings. The highest BCUT2D eigenvalue weighted by Crippen LogP contribution is 2.20. The second-order valence-electron chi connectivity index (χ2n) is 5.13. The summed E-state index contributed by atoms with van der Waals surface area (Å²) >= 11 is 0. The van der Waals surface area contributed by atoms with Gasteiger partial charge in [-0.3, -0.25) is 4.79 Å². The topological polar surface area (TPSA) is 87.2 Å². The molecule has 0 saturated carbocycles. The summed E-state index contributed by atoms with van der Waals surface area (Å²) in [6.07, 6.45) is 2.21. The third-order valence-corrected chi connectivity index (χ3v) is 3.40. The van der Waals surface area contributed by atoms with Crippen LogP contribution in [0.1, 0.15) is 33.1 Å². The van der Waals surface area contributed by atoms with Gasteiger partial charge in [-0.25, -0.2) is 9.59 Å². The molecule has 0 radical (unpaired) electrons. The maximum atomic E-state index is 12.5. The highest BCUT2D eigenvalue weighted by Gasteiger charge is 2.36. The minimum Gasteiger partial charge on any atom is -0.480 e. The molecule has 20 heavy (non-hydrogen) atoms. The Labute approximate surface area is 118 Å². The smallest absolute Gasteiger partial charge is 0.328 e. The second-order valence-corrected chi connectivity index (χ2v) is 5.13. The molecule has 2 amide bonds. The van der Waals surface area contributed by atoms with Gasteiger partial charge in [0.1, 0.15) is 12.6 Å². The molecule has 0 aromatic carbocycles. The summed E-state index contributed by atoms with van der Waals surface area (Å²) in [5, 5.41) is 8.90. The van der Waals surface area contributed by atoms with E-state index >= 15 is 0 Å². The molecule has 1 saturated heterocycles. The summed E-state index contributed by atoms with van der Waals surface area (Å²) in [6.45, 7) is 3.57. The minimum atomic E-state index is -1.07. The van der Waals surface area contributed by atoms with E-state index in [2.05, 4.69) is 0 Å². The Morgan fingerprint density at radius 2 is 2.00 bits per heavy atom. The predicted octanol–water partition coefficient (Wildman–Crippen LogP) is 0.929. The van der Waals surface area contributed by atoms with Gasteiger partial charge in [-0.2, -0.15) is 0 Å². The van der Waals surface area contributed by atoms with Crippen LogP contribution in [0.25, 0.3) is 0 Å². The molecule has 1 aliphatic heterocycles. The van der Waals surface area contributed by atoms with Crippen molar-refractivity contribution in [2.24, 2.45) is 0 Å². The van der Waals surface area contributed by atoms with Gasteiger partial charge in [0.05, 0.1) is 7.11 Å². The van der Waals surface area contributed by atoms with Gasteiger partial charge in [-0.1, -0.05) is 0 Å². The second kappa shape index (κ2) is 7.12. The number of piperidine rings is 1. The summed E-state index contributed by atoms with van der Waals surface area (Å²) in [5.41, 5.74) is 0. The molecular weight excluding hydrogens is 264 g/mol. The van der Waals surface area contributed by atoms with Crippen molar-refractivity contribution in [3.63, 3.8) is 0 Å². The fraction of sp³-hybridized carbons (Fsp3) is 0.769. The van der Waals surface area contributed by atoms with E-state index in [1.165, 1.54) is 16.9 Å². The van der Waals surface area contributed by atoms with Crippen LogP contribution in [0, 0.1) is 0 Å². The number of carbonyl (C=O) groups is 3. The zero-order chi connectivity index (χ0) is 15.3. The van der Waals surface area contributed by atoms with Crippen molar-refractivity contribution in [1.29, 1.82) is 0 Å². The number of methoxy groups -OCH3 is 1. The van der Waals surface area contributed by atoms with E-state index in [9.17, 15) is 14.4 Å². The Morgan fingerprint density at radius 1 is 1.35 bits per heavy atom. The average Bonchev–Trinajstić information content (AvgIpc) is 2.42. The Bertz CT molecular complexity index is 383. The van der Waals surface area contributed by atoms with E-state index in [1.54, 1.807) is 13.8 Å². The Morgan fingerprint density at radius 3 is 2.50 bits per heavy atom. The number of carbonyl (C=O) groups excluding carboxylic acids is 2. The van der Waals surface area contributed by atoms with Crippen molar-refractivity contribution >= 4 is 18.0 Å². The van der Waals surface area contributed by atoms with Crippen LogP contribution in [0.15, 0.2) is 0 Å². The monoisotopic (exact) mass is 286 g/mol. The minimum absolute atomic E-state index is 0.251. The number of esters is 1. The highest BCUT2D eigenvalue weighted by molar-refractivity contribution is 5.86. The molecule has 0 aliphatic carbocycles. The lowest BCUT2D eigenvalue weighted by Gasteiger charge is -2.38. The number of amides is 2. The average molecular weight is 286 g/mol. The molecule has 7 heteroatoms. The molecule has 1 atom stereocenters. The molecule has 0 aromatic heterocycles. The van der Waals surface area contributed by atoms with Gasteiger partial charge in [-0.05, 0) is 33.1 Å². The number of hydrogen-bond donors (Lipinski definition) is 1. The fourth-order valence-corrected chi connectivity index (χ4v) is 2.32. The van der Waals surface area contributed by atoms with Crippen molar-refractivity contribution in [1.82, 2.24) is 9.80 Å². The molecule has 1 rings (SSSR count). The molecule has 1 unspecified atom stereocenters. The van der Waals surface area contributed by atoms with E-state index in [1.807, 2.05) is 0 Å². The van der Waals surface area contributed by atoms with Crippen LogP contribution in [0.4, 0.5) is 4.79 Å². The van der Waals surface area contributed by atoms with Crippen LogP contribution < -0.4 is 0 Å². The number of ether oxygens (including phenoxy) is 1. The van der Waals surface area contributed by atoms with Crippen LogP contribution in [-0.4, -0.2) is 65.2 Å². The zero-order valence-corrected chi connectivity index (χ0v) is 12.2. The van der Waals surface area contributed by atoms with Crippen LogP contribution in [-0.2, 0) is 14.3 Å². The third-order valence-electron chi connectivity index (χ3n) is 3.40.